The number of nitrogens with zero attached hydrogens (tertiary/aromatic N) is 2. The smallest absolute Gasteiger partial charge is 0.152 e. The Morgan fingerprint density at radius 1 is 1.23 bits per heavy atom. The minimum Gasteiger partial charge on any atom is -0.497 e. The van der Waals surface area contributed by atoms with E-state index in [1.807, 2.05) is 24.3 Å². The molecule has 0 heterocycles. The van der Waals surface area contributed by atoms with Gasteiger partial charge < -0.3 is 15.6 Å². The van der Waals surface area contributed by atoms with Gasteiger partial charge in [-0.2, -0.15) is 0 Å². The third-order valence-corrected chi connectivity index (χ3v) is 4.62. The van der Waals surface area contributed by atoms with Crippen LogP contribution in [0.1, 0.15) is 11.1 Å². The summed E-state index contributed by atoms with van der Waals surface area (Å²) in [5.41, 5.74) is 7.61. The third kappa shape index (κ3) is 5.81. The molecule has 2 rings (SSSR count). The van der Waals surface area contributed by atoms with Crippen LogP contribution in [0.3, 0.4) is 0 Å². The van der Waals surface area contributed by atoms with Crippen molar-refractivity contribution in [1.29, 1.82) is 0 Å². The quantitative estimate of drug-likeness (QED) is 0.215. The zero-order valence-electron chi connectivity index (χ0n) is 14.5. The first-order valence-corrected chi connectivity index (χ1v) is 9.04. The summed E-state index contributed by atoms with van der Waals surface area (Å²) in [6, 6.07) is 14.3. The lowest BCUT2D eigenvalue weighted by molar-refractivity contribution is 0.290. The highest BCUT2D eigenvalue weighted by Crippen LogP contribution is 2.12. The summed E-state index contributed by atoms with van der Waals surface area (Å²) >= 11 is 0. The van der Waals surface area contributed by atoms with Crippen LogP contribution in [0.15, 0.2) is 58.5 Å². The number of hydrazone groups is 1. The van der Waals surface area contributed by atoms with Crippen LogP contribution in [0, 0.1) is 0 Å². The zero-order valence-corrected chi connectivity index (χ0v) is 15.3. The van der Waals surface area contributed by atoms with Crippen molar-refractivity contribution in [3.63, 3.8) is 0 Å². The molecule has 0 saturated carbocycles. The zero-order chi connectivity index (χ0) is 18.9. The maximum Gasteiger partial charge on any atom is 0.152 e. The van der Waals surface area contributed by atoms with Gasteiger partial charge in [-0.25, -0.2) is 19.9 Å². The van der Waals surface area contributed by atoms with Gasteiger partial charge in [0.1, 0.15) is 16.7 Å². The van der Waals surface area contributed by atoms with Gasteiger partial charge in [0.2, 0.25) is 0 Å². The summed E-state index contributed by atoms with van der Waals surface area (Å²) in [7, 11) is 0.229. The number of rotatable bonds is 9. The van der Waals surface area contributed by atoms with Gasteiger partial charge in [-0.15, -0.1) is 5.10 Å². The predicted molar refractivity (Wildman–Crippen MR) is 101 cm³/mol. The van der Waals surface area contributed by atoms with E-state index in [1.165, 1.54) is 5.12 Å². The fourth-order valence-corrected chi connectivity index (χ4v) is 2.95. The summed E-state index contributed by atoms with van der Waals surface area (Å²) in [5.74, 6) is 6.92. The van der Waals surface area contributed by atoms with Crippen LogP contribution in [0.5, 0.6) is 5.75 Å². The molecule has 2 aromatic rings. The molecule has 8 nitrogen and oxygen atoms in total. The third-order valence-electron chi connectivity index (χ3n) is 3.45. The van der Waals surface area contributed by atoms with Crippen molar-refractivity contribution >= 4 is 16.8 Å². The van der Waals surface area contributed by atoms with Crippen molar-refractivity contribution < 1.29 is 14.1 Å². The van der Waals surface area contributed by atoms with E-state index in [0.717, 1.165) is 11.3 Å². The van der Waals surface area contributed by atoms with Crippen LogP contribution < -0.4 is 21.0 Å². The first-order chi connectivity index (χ1) is 12.5. The van der Waals surface area contributed by atoms with Crippen LogP contribution in [-0.4, -0.2) is 40.5 Å². The summed E-state index contributed by atoms with van der Waals surface area (Å²) in [5, 5.41) is 14.2. The van der Waals surface area contributed by atoms with E-state index >= 15 is 0 Å². The second-order valence-electron chi connectivity index (χ2n) is 5.34. The number of aliphatic hydroxyl groups is 1. The molecule has 0 fully saturated rings. The number of aliphatic hydroxyl groups excluding tert-OH is 1. The molecule has 140 valence electrons. The number of methoxy groups -OCH3 is 1. The molecular weight excluding hydrogens is 354 g/mol. The number of ether oxygens (including phenoxy) is 1. The minimum absolute atomic E-state index is 0.0794. The standard InChI is InChI=1S/C17H23N5O3S/c1-25-15-6-2-13(3-7-15)12-22(19)21-17(18)14-4-8-16(9-5-14)26(24)20-10-11-23/h2-9,20,23H,10-12,19H2,1H3,(H2,18,21). The number of amidine groups is 1. The lowest BCUT2D eigenvalue weighted by Gasteiger charge is -2.14. The number of benzene rings is 2. The summed E-state index contributed by atoms with van der Waals surface area (Å²) < 4.78 is 19.7. The molecule has 0 radical (unpaired) electrons. The maximum atomic E-state index is 11.9. The highest BCUT2D eigenvalue weighted by atomic mass is 32.2. The molecule has 1 unspecified atom stereocenters. The monoisotopic (exact) mass is 377 g/mol. The summed E-state index contributed by atoms with van der Waals surface area (Å²) in [6.45, 7) is 0.563. The van der Waals surface area contributed by atoms with E-state index in [4.69, 9.17) is 21.4 Å². The molecule has 0 spiro atoms. The molecule has 0 aliphatic rings. The van der Waals surface area contributed by atoms with Crippen molar-refractivity contribution in [1.82, 2.24) is 9.84 Å². The van der Waals surface area contributed by atoms with Crippen LogP contribution >= 0.6 is 0 Å². The van der Waals surface area contributed by atoms with Gasteiger partial charge in [0.25, 0.3) is 0 Å². The number of hydrogen-bond acceptors (Lipinski definition) is 6. The van der Waals surface area contributed by atoms with E-state index in [0.29, 0.717) is 17.0 Å². The number of nitrogens with one attached hydrogen (secondary N) is 1. The van der Waals surface area contributed by atoms with Crippen molar-refractivity contribution in [2.75, 3.05) is 20.3 Å². The first kappa shape index (κ1) is 19.9. The molecule has 6 N–H and O–H groups in total. The highest BCUT2D eigenvalue weighted by molar-refractivity contribution is 7.83. The number of hydrazine groups is 1. The van der Waals surface area contributed by atoms with Gasteiger partial charge in [-0.05, 0) is 42.0 Å². The Kier molecular flexibility index (Phi) is 7.54. The predicted octanol–water partition coefficient (Wildman–Crippen LogP) is 0.296. The molecule has 9 heteroatoms. The fourth-order valence-electron chi connectivity index (χ4n) is 2.12. The Hall–Kier alpha value is -2.46. The van der Waals surface area contributed by atoms with Crippen molar-refractivity contribution in [3.05, 3.63) is 59.7 Å². The molecule has 0 bridgehead atoms. The molecular formula is C17H23N5O3S. The van der Waals surface area contributed by atoms with Crippen molar-refractivity contribution in [3.8, 4) is 5.75 Å². The largest absolute Gasteiger partial charge is 0.497 e. The Morgan fingerprint density at radius 3 is 2.46 bits per heavy atom. The lowest BCUT2D eigenvalue weighted by atomic mass is 10.2. The van der Waals surface area contributed by atoms with Crippen molar-refractivity contribution in [2.24, 2.45) is 16.7 Å². The molecule has 0 saturated heterocycles. The van der Waals surface area contributed by atoms with Gasteiger partial charge >= 0.3 is 0 Å². The minimum atomic E-state index is -1.38. The molecule has 0 aliphatic heterocycles. The van der Waals surface area contributed by atoms with E-state index in [9.17, 15) is 4.21 Å². The Labute approximate surface area is 155 Å². The van der Waals surface area contributed by atoms with Gasteiger partial charge in [0, 0.05) is 12.1 Å². The Morgan fingerprint density at radius 2 is 1.88 bits per heavy atom. The maximum absolute atomic E-state index is 11.9. The second-order valence-corrected chi connectivity index (χ2v) is 6.64. The fraction of sp³-hybridized carbons (Fsp3) is 0.235. The van der Waals surface area contributed by atoms with Crippen LogP contribution in [0.25, 0.3) is 0 Å². The number of nitrogens with two attached hydrogens (primary N) is 2. The normalized spacial score (nSPS) is 12.7. The summed E-state index contributed by atoms with van der Waals surface area (Å²) in [4.78, 5) is 0.581. The highest BCUT2D eigenvalue weighted by Gasteiger charge is 2.06. The molecule has 0 amide bonds. The van der Waals surface area contributed by atoms with Crippen LogP contribution in [-0.2, 0) is 17.5 Å². The van der Waals surface area contributed by atoms with E-state index < -0.39 is 11.0 Å². The average Bonchev–Trinajstić information content (AvgIpc) is 2.66. The molecule has 1 atom stereocenters. The second kappa shape index (κ2) is 9.88. The SMILES string of the molecule is COc1ccc(CN(N)/N=C(\N)c2ccc(S(=O)NCCO)cc2)cc1. The number of hydrogen-bond donors (Lipinski definition) is 4. The topological polar surface area (TPSA) is 126 Å². The van der Waals surface area contributed by atoms with E-state index in [2.05, 4.69) is 9.82 Å². The van der Waals surface area contributed by atoms with Gasteiger partial charge in [-0.1, -0.05) is 12.1 Å². The Bertz CT molecular complexity index is 750. The van der Waals surface area contributed by atoms with E-state index in [1.54, 1.807) is 31.4 Å². The average molecular weight is 377 g/mol. The van der Waals surface area contributed by atoms with Gasteiger partial charge in [-0.3, -0.25) is 0 Å². The summed E-state index contributed by atoms with van der Waals surface area (Å²) in [6.07, 6.45) is 0. The van der Waals surface area contributed by atoms with E-state index in [-0.39, 0.29) is 19.0 Å². The van der Waals surface area contributed by atoms with Gasteiger partial charge in [0.05, 0.1) is 25.2 Å². The first-order valence-electron chi connectivity index (χ1n) is 7.89. The van der Waals surface area contributed by atoms with Crippen LogP contribution in [0.2, 0.25) is 0 Å². The molecule has 26 heavy (non-hydrogen) atoms. The van der Waals surface area contributed by atoms with Crippen LogP contribution in [0.4, 0.5) is 0 Å². The molecule has 0 aliphatic carbocycles. The van der Waals surface area contributed by atoms with Gasteiger partial charge in [0.15, 0.2) is 5.84 Å². The molecule has 2 aromatic carbocycles. The molecule has 0 aromatic heterocycles. The Balaban J connectivity index is 1.99. The lowest BCUT2D eigenvalue weighted by Crippen LogP contribution is -2.29. The van der Waals surface area contributed by atoms with Crippen molar-refractivity contribution in [2.45, 2.75) is 11.4 Å².